The van der Waals surface area contributed by atoms with E-state index in [0.717, 1.165) is 4.31 Å². The molecule has 4 N–H and O–H groups in total. The van der Waals surface area contributed by atoms with Crippen LogP contribution in [0.2, 0.25) is 10.0 Å². The first-order valence-electron chi connectivity index (χ1n) is 6.35. The topological polar surface area (TPSA) is 97.3 Å². The number of aromatic hydroxyl groups is 2. The molecule has 2 heterocycles. The second kappa shape index (κ2) is 5.43. The summed E-state index contributed by atoms with van der Waals surface area (Å²) in [6.07, 6.45) is 0.542. The van der Waals surface area contributed by atoms with E-state index in [1.54, 1.807) is 6.07 Å². The SMILES string of the molecule is Oc1c(-c2ccc(Cl)cc2Cl)oc(N2CCCS2(O)O)c1O. The Balaban J connectivity index is 2.10. The molecule has 0 unspecified atom stereocenters. The summed E-state index contributed by atoms with van der Waals surface area (Å²) in [5.41, 5.74) is 0.334. The van der Waals surface area contributed by atoms with Crippen LogP contribution in [0.3, 0.4) is 0 Å². The van der Waals surface area contributed by atoms with Gasteiger partial charge in [0, 0.05) is 17.1 Å². The van der Waals surface area contributed by atoms with Gasteiger partial charge in [-0.05, 0) is 24.6 Å². The first-order valence-corrected chi connectivity index (χ1v) is 8.78. The van der Waals surface area contributed by atoms with Crippen LogP contribution in [-0.4, -0.2) is 31.6 Å². The minimum absolute atomic E-state index is 0.0590. The lowest BCUT2D eigenvalue weighted by atomic mass is 10.1. The highest BCUT2D eigenvalue weighted by Gasteiger charge is 2.36. The van der Waals surface area contributed by atoms with E-state index in [4.69, 9.17) is 27.6 Å². The molecule has 22 heavy (non-hydrogen) atoms. The van der Waals surface area contributed by atoms with Gasteiger partial charge in [-0.2, -0.15) is 0 Å². The van der Waals surface area contributed by atoms with Gasteiger partial charge >= 0.3 is 0 Å². The molecule has 1 aliphatic rings. The zero-order valence-electron chi connectivity index (χ0n) is 11.2. The summed E-state index contributed by atoms with van der Waals surface area (Å²) >= 11 is 11.9. The fraction of sp³-hybridized carbons (Fsp3) is 0.231. The van der Waals surface area contributed by atoms with Crippen LogP contribution in [0.1, 0.15) is 6.42 Å². The first kappa shape index (κ1) is 15.6. The summed E-state index contributed by atoms with van der Waals surface area (Å²) in [7, 11) is -3.05. The van der Waals surface area contributed by atoms with Crippen LogP contribution in [0.5, 0.6) is 11.5 Å². The van der Waals surface area contributed by atoms with Crippen LogP contribution in [0.15, 0.2) is 22.6 Å². The van der Waals surface area contributed by atoms with E-state index in [9.17, 15) is 19.3 Å². The molecule has 1 aliphatic heterocycles. The highest BCUT2D eigenvalue weighted by Crippen LogP contribution is 2.57. The summed E-state index contributed by atoms with van der Waals surface area (Å²) in [5.74, 6) is -1.12. The molecule has 0 amide bonds. The smallest absolute Gasteiger partial charge is 0.261 e. The van der Waals surface area contributed by atoms with Crippen molar-refractivity contribution in [3.8, 4) is 22.8 Å². The maximum atomic E-state index is 10.1. The molecule has 1 aromatic heterocycles. The van der Waals surface area contributed by atoms with Gasteiger partial charge in [0.2, 0.25) is 11.5 Å². The van der Waals surface area contributed by atoms with Crippen molar-refractivity contribution in [1.29, 1.82) is 0 Å². The molecule has 9 heteroatoms. The fourth-order valence-electron chi connectivity index (χ4n) is 2.32. The molecule has 6 nitrogen and oxygen atoms in total. The van der Waals surface area contributed by atoms with Gasteiger partial charge < -0.3 is 14.6 Å². The van der Waals surface area contributed by atoms with Crippen LogP contribution >= 0.6 is 34.0 Å². The van der Waals surface area contributed by atoms with E-state index >= 15 is 0 Å². The van der Waals surface area contributed by atoms with E-state index in [-0.39, 0.29) is 22.4 Å². The summed E-state index contributed by atoms with van der Waals surface area (Å²) < 4.78 is 26.6. The molecule has 0 saturated carbocycles. The van der Waals surface area contributed by atoms with Gasteiger partial charge in [0.05, 0.1) is 10.8 Å². The van der Waals surface area contributed by atoms with E-state index in [1.807, 2.05) is 0 Å². The number of anilines is 1. The van der Waals surface area contributed by atoms with Crippen molar-refractivity contribution in [2.75, 3.05) is 16.6 Å². The van der Waals surface area contributed by atoms with E-state index in [2.05, 4.69) is 0 Å². The molecule has 3 rings (SSSR count). The number of nitrogens with zero attached hydrogens (tertiary/aromatic N) is 1. The molecular weight excluding hydrogens is 353 g/mol. The summed E-state index contributed by atoms with van der Waals surface area (Å²) in [5, 5.41) is 20.8. The van der Waals surface area contributed by atoms with Gasteiger partial charge in [-0.3, -0.25) is 9.11 Å². The van der Waals surface area contributed by atoms with Crippen LogP contribution in [-0.2, 0) is 0 Å². The largest absolute Gasteiger partial charge is 0.502 e. The average Bonchev–Trinajstić information content (AvgIpc) is 2.92. The number of rotatable bonds is 2. The molecule has 0 radical (unpaired) electrons. The summed E-state index contributed by atoms with van der Waals surface area (Å²) in [6.45, 7) is 0.302. The van der Waals surface area contributed by atoms with Crippen molar-refractivity contribution in [3.05, 3.63) is 28.2 Å². The summed E-state index contributed by atoms with van der Waals surface area (Å²) in [6, 6.07) is 4.57. The maximum Gasteiger partial charge on any atom is 0.261 e. The number of hydrogen-bond acceptors (Lipinski definition) is 6. The van der Waals surface area contributed by atoms with Crippen molar-refractivity contribution >= 4 is 39.9 Å². The molecule has 1 aromatic carbocycles. The monoisotopic (exact) mass is 365 g/mol. The second-order valence-corrected chi connectivity index (χ2v) is 7.81. The van der Waals surface area contributed by atoms with Gasteiger partial charge in [-0.25, -0.2) is 4.31 Å². The Kier molecular flexibility index (Phi) is 3.86. The normalized spacial score (nSPS) is 18.6. The Hall–Kier alpha value is -1.25. The zero-order valence-corrected chi connectivity index (χ0v) is 13.5. The molecule has 0 spiro atoms. The lowest BCUT2D eigenvalue weighted by Crippen LogP contribution is -2.21. The Morgan fingerprint density at radius 1 is 1.14 bits per heavy atom. The molecule has 0 aliphatic carbocycles. The Morgan fingerprint density at radius 3 is 2.45 bits per heavy atom. The van der Waals surface area contributed by atoms with Gasteiger partial charge in [-0.15, -0.1) is 10.8 Å². The molecule has 2 aromatic rings. The third-order valence-electron chi connectivity index (χ3n) is 3.38. The number of hydrogen-bond donors (Lipinski definition) is 4. The van der Waals surface area contributed by atoms with Crippen LogP contribution in [0.4, 0.5) is 5.88 Å². The van der Waals surface area contributed by atoms with Crippen LogP contribution in [0, 0.1) is 0 Å². The Morgan fingerprint density at radius 2 is 1.86 bits per heavy atom. The highest BCUT2D eigenvalue weighted by molar-refractivity contribution is 8.25. The number of furan rings is 1. The lowest BCUT2D eigenvalue weighted by molar-refractivity contribution is 0.409. The zero-order chi connectivity index (χ0) is 16.1. The van der Waals surface area contributed by atoms with Crippen molar-refractivity contribution in [3.63, 3.8) is 0 Å². The minimum Gasteiger partial charge on any atom is -0.502 e. The fourth-order valence-corrected chi connectivity index (χ4v) is 4.36. The molecule has 120 valence electrons. The van der Waals surface area contributed by atoms with Gasteiger partial charge in [0.25, 0.3) is 5.88 Å². The number of halogens is 2. The third kappa shape index (κ3) is 2.49. The van der Waals surface area contributed by atoms with Crippen molar-refractivity contribution < 1.29 is 23.7 Å². The van der Waals surface area contributed by atoms with Crippen molar-refractivity contribution in [2.24, 2.45) is 0 Å². The van der Waals surface area contributed by atoms with E-state index in [0.29, 0.717) is 23.6 Å². The third-order valence-corrected chi connectivity index (χ3v) is 5.81. The van der Waals surface area contributed by atoms with Crippen LogP contribution < -0.4 is 4.31 Å². The van der Waals surface area contributed by atoms with Crippen molar-refractivity contribution in [2.45, 2.75) is 6.42 Å². The predicted molar refractivity (Wildman–Crippen MR) is 87.2 cm³/mol. The molecular formula is C13H13Cl2NO5S. The van der Waals surface area contributed by atoms with Crippen molar-refractivity contribution in [1.82, 2.24) is 0 Å². The maximum absolute atomic E-state index is 10.1. The molecule has 1 fully saturated rings. The van der Waals surface area contributed by atoms with E-state index < -0.39 is 22.3 Å². The highest BCUT2D eigenvalue weighted by atomic mass is 35.5. The van der Waals surface area contributed by atoms with Gasteiger partial charge in [0.15, 0.2) is 5.76 Å². The Bertz CT molecular complexity index is 733. The minimum atomic E-state index is -3.05. The first-order chi connectivity index (χ1) is 10.3. The van der Waals surface area contributed by atoms with E-state index in [1.165, 1.54) is 12.1 Å². The summed E-state index contributed by atoms with van der Waals surface area (Å²) in [4.78, 5) is 0. The van der Waals surface area contributed by atoms with Crippen LogP contribution in [0.25, 0.3) is 11.3 Å². The second-order valence-electron chi connectivity index (χ2n) is 4.85. The number of benzene rings is 1. The lowest BCUT2D eigenvalue weighted by Gasteiger charge is -2.35. The van der Waals surface area contributed by atoms with Gasteiger partial charge in [-0.1, -0.05) is 23.2 Å². The standard InChI is InChI=1S/C13H13Cl2NO5S/c14-7-2-3-8(9(15)6-7)12-10(17)11(18)13(21-12)16-4-1-5-22(16,19)20/h2-3,6,17-20H,1,4-5H2. The molecule has 0 atom stereocenters. The predicted octanol–water partition coefficient (Wildman–Crippen LogP) is 4.54. The average molecular weight is 366 g/mol. The Labute approximate surface area is 138 Å². The van der Waals surface area contributed by atoms with Gasteiger partial charge in [0.1, 0.15) is 0 Å². The molecule has 0 bridgehead atoms. The quantitative estimate of drug-likeness (QED) is 0.623. The molecule has 1 saturated heterocycles.